The lowest BCUT2D eigenvalue weighted by molar-refractivity contribution is -0.00134. The van der Waals surface area contributed by atoms with Crippen molar-refractivity contribution in [2.75, 3.05) is 19.6 Å². The van der Waals surface area contributed by atoms with E-state index in [1.165, 1.54) is 5.56 Å². The van der Waals surface area contributed by atoms with Crippen LogP contribution in [0.25, 0.3) is 0 Å². The van der Waals surface area contributed by atoms with E-state index in [1.54, 1.807) is 4.90 Å². The molecule has 116 valence electrons. The Morgan fingerprint density at radius 1 is 1.29 bits per heavy atom. The molecule has 0 aliphatic carbocycles. The van der Waals surface area contributed by atoms with Crippen LogP contribution in [0.5, 0.6) is 0 Å². The van der Waals surface area contributed by atoms with Gasteiger partial charge in [-0.1, -0.05) is 30.3 Å². The Morgan fingerprint density at radius 2 is 1.95 bits per heavy atom. The number of nitrogens with two attached hydrogens (primary N) is 1. The van der Waals surface area contributed by atoms with Crippen molar-refractivity contribution in [2.24, 2.45) is 5.73 Å². The van der Waals surface area contributed by atoms with E-state index in [9.17, 15) is 4.79 Å². The van der Waals surface area contributed by atoms with E-state index in [-0.39, 0.29) is 12.3 Å². The Bertz CT molecular complexity index is 470. The third-order valence-corrected chi connectivity index (χ3v) is 3.38. The Labute approximate surface area is 126 Å². The topological polar surface area (TPSA) is 58.8 Å². The summed E-state index contributed by atoms with van der Waals surface area (Å²) in [6, 6.07) is 10.3. The second-order valence-electron chi connectivity index (χ2n) is 6.46. The van der Waals surface area contributed by atoms with Gasteiger partial charge in [-0.2, -0.15) is 0 Å². The van der Waals surface area contributed by atoms with Crippen LogP contribution in [0.3, 0.4) is 0 Å². The average Bonchev–Trinajstić information content (AvgIpc) is 2.37. The van der Waals surface area contributed by atoms with E-state index in [1.807, 2.05) is 39.0 Å². The van der Waals surface area contributed by atoms with Crippen LogP contribution in [0.15, 0.2) is 30.3 Å². The predicted molar refractivity (Wildman–Crippen MR) is 82.6 cm³/mol. The molecule has 0 bridgehead atoms. The number of nitrogens with zero attached hydrogens (tertiary/aromatic N) is 2. The van der Waals surface area contributed by atoms with Gasteiger partial charge in [0.1, 0.15) is 5.60 Å². The number of hydrogen-bond acceptors (Lipinski definition) is 4. The number of carbonyl (C=O) groups is 1. The third-order valence-electron chi connectivity index (χ3n) is 3.38. The van der Waals surface area contributed by atoms with Crippen LogP contribution in [0, 0.1) is 0 Å². The number of carbonyl (C=O) groups excluding carboxylic acids is 1. The molecule has 1 aliphatic heterocycles. The summed E-state index contributed by atoms with van der Waals surface area (Å²) >= 11 is 0. The quantitative estimate of drug-likeness (QED) is 0.905. The van der Waals surface area contributed by atoms with Crippen molar-refractivity contribution in [1.29, 1.82) is 0 Å². The molecular weight excluding hydrogens is 266 g/mol. The highest BCUT2D eigenvalue weighted by molar-refractivity contribution is 5.68. The Balaban J connectivity index is 1.89. The van der Waals surface area contributed by atoms with Crippen LogP contribution >= 0.6 is 0 Å². The molecule has 1 aliphatic rings. The Kier molecular flexibility index (Phi) is 4.85. The van der Waals surface area contributed by atoms with Gasteiger partial charge in [0.15, 0.2) is 0 Å². The summed E-state index contributed by atoms with van der Waals surface area (Å²) in [7, 11) is 0. The minimum absolute atomic E-state index is 0.322. The van der Waals surface area contributed by atoms with E-state index in [0.717, 1.165) is 13.1 Å². The first kappa shape index (κ1) is 15.8. The van der Waals surface area contributed by atoms with Gasteiger partial charge in [0, 0.05) is 26.2 Å². The Hall–Kier alpha value is -1.59. The molecule has 1 saturated heterocycles. The van der Waals surface area contributed by atoms with Crippen LogP contribution in [-0.4, -0.2) is 47.3 Å². The number of ether oxygens (including phenoxy) is 1. The van der Waals surface area contributed by atoms with Gasteiger partial charge < -0.3 is 10.5 Å². The van der Waals surface area contributed by atoms with Gasteiger partial charge in [0.05, 0.1) is 6.17 Å². The van der Waals surface area contributed by atoms with Crippen molar-refractivity contribution in [3.63, 3.8) is 0 Å². The summed E-state index contributed by atoms with van der Waals surface area (Å²) in [4.78, 5) is 16.0. The molecule has 0 radical (unpaired) electrons. The highest BCUT2D eigenvalue weighted by atomic mass is 16.6. The zero-order valence-corrected chi connectivity index (χ0v) is 13.1. The van der Waals surface area contributed by atoms with Gasteiger partial charge in [-0.3, -0.25) is 9.80 Å². The number of amides is 1. The zero-order chi connectivity index (χ0) is 15.5. The first-order chi connectivity index (χ1) is 9.85. The molecule has 1 heterocycles. The largest absolute Gasteiger partial charge is 0.444 e. The molecular formula is C16H25N3O2. The minimum atomic E-state index is -0.488. The summed E-state index contributed by atoms with van der Waals surface area (Å²) in [5.41, 5.74) is 6.90. The average molecular weight is 291 g/mol. The molecule has 5 heteroatoms. The van der Waals surface area contributed by atoms with E-state index in [2.05, 4.69) is 17.0 Å². The van der Waals surface area contributed by atoms with Gasteiger partial charge in [-0.25, -0.2) is 4.79 Å². The van der Waals surface area contributed by atoms with E-state index in [0.29, 0.717) is 13.1 Å². The fraction of sp³-hybridized carbons (Fsp3) is 0.562. The summed E-state index contributed by atoms with van der Waals surface area (Å²) in [6.07, 6.45) is -0.647. The van der Waals surface area contributed by atoms with Crippen LogP contribution < -0.4 is 5.73 Å². The smallest absolute Gasteiger partial charge is 0.411 e. The maximum atomic E-state index is 12.1. The van der Waals surface area contributed by atoms with Gasteiger partial charge in [-0.05, 0) is 26.3 Å². The van der Waals surface area contributed by atoms with Gasteiger partial charge in [0.25, 0.3) is 0 Å². The van der Waals surface area contributed by atoms with Gasteiger partial charge in [0.2, 0.25) is 0 Å². The van der Waals surface area contributed by atoms with Crippen molar-refractivity contribution >= 4 is 6.09 Å². The van der Waals surface area contributed by atoms with Crippen molar-refractivity contribution < 1.29 is 9.53 Å². The molecule has 2 N–H and O–H groups in total. The van der Waals surface area contributed by atoms with Crippen molar-refractivity contribution in [1.82, 2.24) is 9.80 Å². The standard InChI is InChI=1S/C16H25N3O2/c1-16(2,3)21-15(20)19-10-9-18(12-14(19)17)11-13-7-5-4-6-8-13/h4-8,14H,9-12,17H2,1-3H3. The first-order valence-electron chi connectivity index (χ1n) is 7.36. The van der Waals surface area contributed by atoms with Gasteiger partial charge in [-0.15, -0.1) is 0 Å². The summed E-state index contributed by atoms with van der Waals surface area (Å²) in [5.74, 6) is 0. The summed E-state index contributed by atoms with van der Waals surface area (Å²) in [6.45, 7) is 8.52. The molecule has 0 spiro atoms. The van der Waals surface area contributed by atoms with Crippen LogP contribution in [0.1, 0.15) is 26.3 Å². The highest BCUT2D eigenvalue weighted by Crippen LogP contribution is 2.15. The summed E-state index contributed by atoms with van der Waals surface area (Å²) in [5, 5.41) is 0. The van der Waals surface area contributed by atoms with Crippen molar-refractivity contribution in [3.05, 3.63) is 35.9 Å². The van der Waals surface area contributed by atoms with Crippen LogP contribution in [0.4, 0.5) is 4.79 Å². The molecule has 1 fully saturated rings. The zero-order valence-electron chi connectivity index (χ0n) is 13.1. The maximum absolute atomic E-state index is 12.1. The predicted octanol–water partition coefficient (Wildman–Crippen LogP) is 2.02. The molecule has 2 rings (SSSR count). The number of rotatable bonds is 2. The fourth-order valence-corrected chi connectivity index (χ4v) is 2.40. The van der Waals surface area contributed by atoms with Crippen LogP contribution in [0.2, 0.25) is 0 Å². The fourth-order valence-electron chi connectivity index (χ4n) is 2.40. The molecule has 1 amide bonds. The molecule has 1 unspecified atom stereocenters. The lowest BCUT2D eigenvalue weighted by atomic mass is 10.2. The molecule has 5 nitrogen and oxygen atoms in total. The lowest BCUT2D eigenvalue weighted by Gasteiger charge is -2.39. The van der Waals surface area contributed by atoms with Gasteiger partial charge >= 0.3 is 6.09 Å². The lowest BCUT2D eigenvalue weighted by Crippen LogP contribution is -2.59. The SMILES string of the molecule is CC(C)(C)OC(=O)N1CCN(Cc2ccccc2)CC1N. The third kappa shape index (κ3) is 4.72. The summed E-state index contributed by atoms with van der Waals surface area (Å²) < 4.78 is 5.39. The number of hydrogen-bond donors (Lipinski definition) is 1. The number of benzene rings is 1. The molecule has 0 aromatic heterocycles. The molecule has 1 aromatic rings. The Morgan fingerprint density at radius 3 is 2.52 bits per heavy atom. The molecule has 1 atom stereocenters. The maximum Gasteiger partial charge on any atom is 0.411 e. The van der Waals surface area contributed by atoms with Crippen molar-refractivity contribution in [3.8, 4) is 0 Å². The minimum Gasteiger partial charge on any atom is -0.444 e. The first-order valence-corrected chi connectivity index (χ1v) is 7.36. The highest BCUT2D eigenvalue weighted by Gasteiger charge is 2.31. The van der Waals surface area contributed by atoms with E-state index in [4.69, 9.17) is 10.5 Å². The second kappa shape index (κ2) is 6.45. The molecule has 0 saturated carbocycles. The monoisotopic (exact) mass is 291 g/mol. The van der Waals surface area contributed by atoms with E-state index < -0.39 is 5.60 Å². The normalized spacial score (nSPS) is 20.4. The van der Waals surface area contributed by atoms with Crippen LogP contribution in [-0.2, 0) is 11.3 Å². The second-order valence-corrected chi connectivity index (χ2v) is 6.46. The number of piperazine rings is 1. The van der Waals surface area contributed by atoms with Crippen molar-refractivity contribution in [2.45, 2.75) is 39.1 Å². The molecule has 1 aromatic carbocycles. The van der Waals surface area contributed by atoms with E-state index >= 15 is 0 Å². The molecule has 21 heavy (non-hydrogen) atoms.